The van der Waals surface area contributed by atoms with Crippen LogP contribution in [0.3, 0.4) is 0 Å². The predicted octanol–water partition coefficient (Wildman–Crippen LogP) is 2.79. The Bertz CT molecular complexity index is 514. The lowest BCUT2D eigenvalue weighted by molar-refractivity contribution is 0.327. The molecule has 0 saturated carbocycles. The molecule has 0 N–H and O–H groups in total. The van der Waals surface area contributed by atoms with Crippen LogP contribution in [-0.2, 0) is 0 Å². The topological polar surface area (TPSA) is 38.3 Å². The summed E-state index contributed by atoms with van der Waals surface area (Å²) in [4.78, 5) is 9.99. The Labute approximate surface area is 119 Å². The summed E-state index contributed by atoms with van der Waals surface area (Å²) in [6, 6.07) is 0.540. The Morgan fingerprint density at radius 3 is 2.70 bits per heavy atom. The van der Waals surface area contributed by atoms with E-state index in [1.807, 2.05) is 4.90 Å². The molecule has 1 aliphatic heterocycles. The lowest BCUT2D eigenvalue weighted by atomic mass is 9.97. The largest absolute Gasteiger partial charge is 0.462 e. The molecule has 2 atom stereocenters. The van der Waals surface area contributed by atoms with Gasteiger partial charge in [0.05, 0.1) is 0 Å². The predicted molar refractivity (Wildman–Crippen MR) is 76.2 cm³/mol. The molecule has 0 bridgehead atoms. The third-order valence-electron chi connectivity index (χ3n) is 3.64. The Morgan fingerprint density at radius 1 is 1.35 bits per heavy atom. The highest BCUT2D eigenvalue weighted by atomic mass is 19.1. The van der Waals surface area contributed by atoms with Crippen molar-refractivity contribution in [1.29, 1.82) is 0 Å². The van der Waals surface area contributed by atoms with Gasteiger partial charge < -0.3 is 9.64 Å². The van der Waals surface area contributed by atoms with E-state index in [0.717, 1.165) is 12.8 Å². The summed E-state index contributed by atoms with van der Waals surface area (Å²) in [5.74, 6) is 5.24. The van der Waals surface area contributed by atoms with Crippen molar-refractivity contribution in [3.05, 3.63) is 12.1 Å². The van der Waals surface area contributed by atoms with Gasteiger partial charge in [0.15, 0.2) is 12.4 Å². The number of nitrogens with zero attached hydrogens (tertiary/aromatic N) is 3. The Kier molecular flexibility index (Phi) is 4.78. The quantitative estimate of drug-likeness (QED) is 0.796. The number of hydrogen-bond donors (Lipinski definition) is 0. The zero-order valence-electron chi connectivity index (χ0n) is 12.2. The molecule has 0 radical (unpaired) electrons. The minimum Gasteiger partial charge on any atom is -0.462 e. The number of halogens is 1. The van der Waals surface area contributed by atoms with E-state index in [-0.39, 0.29) is 24.6 Å². The Morgan fingerprint density at radius 2 is 2.05 bits per heavy atom. The molecule has 0 amide bonds. The second kappa shape index (κ2) is 6.56. The van der Waals surface area contributed by atoms with Crippen molar-refractivity contribution in [3.8, 4) is 17.7 Å². The van der Waals surface area contributed by atoms with Crippen LogP contribution in [0, 0.1) is 17.7 Å². The minimum absolute atomic E-state index is 0.0253. The van der Waals surface area contributed by atoms with Crippen LogP contribution in [0.25, 0.3) is 0 Å². The molecule has 1 fully saturated rings. The van der Waals surface area contributed by atoms with Gasteiger partial charge in [-0.25, -0.2) is 4.98 Å². The van der Waals surface area contributed by atoms with Crippen molar-refractivity contribution in [3.63, 3.8) is 0 Å². The first kappa shape index (κ1) is 14.6. The third-order valence-corrected chi connectivity index (χ3v) is 3.64. The van der Waals surface area contributed by atoms with E-state index in [2.05, 4.69) is 35.7 Å². The van der Waals surface area contributed by atoms with Gasteiger partial charge in [-0.15, -0.1) is 5.92 Å². The maximum atomic E-state index is 14.5. The van der Waals surface area contributed by atoms with Crippen molar-refractivity contribution >= 4 is 5.82 Å². The van der Waals surface area contributed by atoms with Crippen LogP contribution >= 0.6 is 0 Å². The maximum absolute atomic E-state index is 14.5. The number of anilines is 1. The third kappa shape index (κ3) is 3.01. The van der Waals surface area contributed by atoms with Gasteiger partial charge >= 0.3 is 0 Å². The van der Waals surface area contributed by atoms with Crippen LogP contribution in [0.1, 0.15) is 40.0 Å². The van der Waals surface area contributed by atoms with Gasteiger partial charge in [0.1, 0.15) is 6.33 Å². The molecule has 5 heteroatoms. The molecule has 0 aliphatic carbocycles. The smallest absolute Gasteiger partial charge is 0.256 e. The van der Waals surface area contributed by atoms with E-state index in [4.69, 9.17) is 4.74 Å². The highest BCUT2D eigenvalue weighted by molar-refractivity contribution is 5.45. The molecule has 4 nitrogen and oxygen atoms in total. The summed E-state index contributed by atoms with van der Waals surface area (Å²) in [7, 11) is 0. The summed E-state index contributed by atoms with van der Waals surface area (Å²) in [6.07, 6.45) is 4.61. The van der Waals surface area contributed by atoms with Gasteiger partial charge in [-0.1, -0.05) is 5.92 Å². The molecule has 1 aromatic heterocycles. The Hall–Kier alpha value is -1.83. The van der Waals surface area contributed by atoms with Crippen LogP contribution in [-0.4, -0.2) is 28.7 Å². The molecule has 108 valence electrons. The van der Waals surface area contributed by atoms with E-state index < -0.39 is 5.82 Å². The lowest BCUT2D eigenvalue weighted by Gasteiger charge is -2.40. The second-order valence-electron chi connectivity index (χ2n) is 5.07. The first-order valence-electron chi connectivity index (χ1n) is 6.96. The fraction of sp³-hybridized carbons (Fsp3) is 0.600. The molecule has 0 aromatic carbocycles. The second-order valence-corrected chi connectivity index (χ2v) is 5.07. The summed E-state index contributed by atoms with van der Waals surface area (Å²) in [5.41, 5.74) is 0. The number of ether oxygens (including phenoxy) is 1. The Balaban J connectivity index is 2.26. The fourth-order valence-electron chi connectivity index (χ4n) is 2.64. The summed E-state index contributed by atoms with van der Waals surface area (Å²) >= 11 is 0. The van der Waals surface area contributed by atoms with Crippen molar-refractivity contribution in [2.45, 2.75) is 52.1 Å². The average Bonchev–Trinajstić information content (AvgIpc) is 2.42. The highest BCUT2D eigenvalue weighted by Gasteiger charge is 2.29. The van der Waals surface area contributed by atoms with Crippen molar-refractivity contribution in [2.75, 3.05) is 11.5 Å². The molecule has 2 heterocycles. The maximum Gasteiger partial charge on any atom is 0.256 e. The lowest BCUT2D eigenvalue weighted by Crippen LogP contribution is -2.44. The molecular weight excluding hydrogens is 257 g/mol. The van der Waals surface area contributed by atoms with Gasteiger partial charge in [0, 0.05) is 12.1 Å². The number of aromatic nitrogens is 2. The zero-order chi connectivity index (χ0) is 14.5. The van der Waals surface area contributed by atoms with Crippen LogP contribution in [0.2, 0.25) is 0 Å². The molecular formula is C15H20FN3O. The van der Waals surface area contributed by atoms with E-state index in [9.17, 15) is 4.39 Å². The molecule has 1 saturated heterocycles. The van der Waals surface area contributed by atoms with Gasteiger partial charge in [0.25, 0.3) is 5.88 Å². The van der Waals surface area contributed by atoms with Gasteiger partial charge in [-0.05, 0) is 40.0 Å². The molecule has 1 aliphatic rings. The highest BCUT2D eigenvalue weighted by Crippen LogP contribution is 2.31. The number of rotatable bonds is 3. The van der Waals surface area contributed by atoms with Crippen LogP contribution in [0.5, 0.6) is 5.88 Å². The van der Waals surface area contributed by atoms with E-state index in [0.29, 0.717) is 5.82 Å². The first-order chi connectivity index (χ1) is 9.65. The summed E-state index contributed by atoms with van der Waals surface area (Å²) in [6.45, 7) is 6.04. The molecule has 20 heavy (non-hydrogen) atoms. The SMILES string of the molecule is CC#CCOc1ncnc(N2[C@H](C)CCC[C@@H]2C)c1F. The van der Waals surface area contributed by atoms with Crippen molar-refractivity contribution in [1.82, 2.24) is 9.97 Å². The zero-order valence-corrected chi connectivity index (χ0v) is 12.2. The fourth-order valence-corrected chi connectivity index (χ4v) is 2.64. The van der Waals surface area contributed by atoms with E-state index in [1.165, 1.54) is 12.7 Å². The average molecular weight is 277 g/mol. The van der Waals surface area contributed by atoms with Gasteiger partial charge in [0.2, 0.25) is 5.82 Å². The molecule has 2 rings (SSSR count). The molecule has 0 unspecified atom stereocenters. The van der Waals surface area contributed by atoms with Gasteiger partial charge in [-0.2, -0.15) is 9.37 Å². The van der Waals surface area contributed by atoms with Crippen molar-refractivity contribution < 1.29 is 9.13 Å². The van der Waals surface area contributed by atoms with Crippen LogP contribution in [0.15, 0.2) is 6.33 Å². The molecule has 1 aromatic rings. The first-order valence-corrected chi connectivity index (χ1v) is 6.96. The minimum atomic E-state index is -0.494. The molecule has 0 spiro atoms. The summed E-state index contributed by atoms with van der Waals surface area (Å²) < 4.78 is 19.7. The normalized spacial score (nSPS) is 22.1. The number of hydrogen-bond acceptors (Lipinski definition) is 4. The van der Waals surface area contributed by atoms with Crippen LogP contribution < -0.4 is 9.64 Å². The number of piperidine rings is 1. The van der Waals surface area contributed by atoms with Crippen molar-refractivity contribution in [2.24, 2.45) is 0 Å². The van der Waals surface area contributed by atoms with E-state index in [1.54, 1.807) is 6.92 Å². The van der Waals surface area contributed by atoms with Gasteiger partial charge in [-0.3, -0.25) is 0 Å². The monoisotopic (exact) mass is 277 g/mol. The standard InChI is InChI=1S/C15H20FN3O/c1-4-5-9-20-15-13(16)14(17-10-18-15)19-11(2)7-6-8-12(19)3/h10-12H,6-9H2,1-3H3/t11-,12+. The van der Waals surface area contributed by atoms with Crippen LogP contribution in [0.4, 0.5) is 10.2 Å². The summed E-state index contributed by atoms with van der Waals surface area (Å²) in [5, 5.41) is 0. The van der Waals surface area contributed by atoms with E-state index >= 15 is 0 Å².